The summed E-state index contributed by atoms with van der Waals surface area (Å²) in [5, 5.41) is 8.98. The van der Waals surface area contributed by atoms with Crippen LogP contribution >= 0.6 is 0 Å². The second-order valence-electron chi connectivity index (χ2n) is 7.24. The molecule has 2 amide bonds. The monoisotopic (exact) mass is 393 g/mol. The Balaban J connectivity index is 1.94. The SMILES string of the molecule is CC(C)C(=O)N1CCN(C(=O)c2cc(F)cc(C#N)c2)[C@H]2CS(=O)(=O)C[C@H]21. The van der Waals surface area contributed by atoms with Gasteiger partial charge in [-0.3, -0.25) is 9.59 Å². The van der Waals surface area contributed by atoms with Crippen LogP contribution < -0.4 is 0 Å². The van der Waals surface area contributed by atoms with Crippen molar-refractivity contribution >= 4 is 21.7 Å². The Morgan fingerprint density at radius 3 is 2.33 bits per heavy atom. The number of nitrogens with zero attached hydrogens (tertiary/aromatic N) is 3. The van der Waals surface area contributed by atoms with E-state index in [1.807, 2.05) is 0 Å². The van der Waals surface area contributed by atoms with Gasteiger partial charge in [-0.05, 0) is 18.2 Å². The molecule has 0 aromatic heterocycles. The van der Waals surface area contributed by atoms with Gasteiger partial charge in [-0.1, -0.05) is 13.8 Å². The summed E-state index contributed by atoms with van der Waals surface area (Å²) in [6.07, 6.45) is 0. The quantitative estimate of drug-likeness (QED) is 0.740. The molecule has 2 heterocycles. The molecule has 0 bridgehead atoms. The highest BCUT2D eigenvalue weighted by atomic mass is 32.2. The van der Waals surface area contributed by atoms with Crippen LogP contribution in [0.5, 0.6) is 0 Å². The van der Waals surface area contributed by atoms with Crippen LogP contribution in [0, 0.1) is 23.1 Å². The Hall–Kier alpha value is -2.47. The van der Waals surface area contributed by atoms with E-state index >= 15 is 0 Å². The molecule has 2 aliphatic rings. The maximum Gasteiger partial charge on any atom is 0.254 e. The normalized spacial score (nSPS) is 23.8. The highest BCUT2D eigenvalue weighted by Crippen LogP contribution is 2.29. The van der Waals surface area contributed by atoms with Crippen molar-refractivity contribution < 1.29 is 22.4 Å². The minimum atomic E-state index is -3.40. The van der Waals surface area contributed by atoms with E-state index in [4.69, 9.17) is 5.26 Å². The molecule has 0 radical (unpaired) electrons. The van der Waals surface area contributed by atoms with Crippen molar-refractivity contribution in [2.75, 3.05) is 24.6 Å². The molecule has 2 aliphatic heterocycles. The van der Waals surface area contributed by atoms with Crippen LogP contribution in [0.4, 0.5) is 4.39 Å². The molecule has 2 saturated heterocycles. The van der Waals surface area contributed by atoms with E-state index in [2.05, 4.69) is 0 Å². The minimum absolute atomic E-state index is 0.00164. The highest BCUT2D eigenvalue weighted by Gasteiger charge is 2.49. The number of nitriles is 1. The molecule has 0 saturated carbocycles. The van der Waals surface area contributed by atoms with Crippen LogP contribution in [-0.2, 0) is 14.6 Å². The molecule has 7 nitrogen and oxygen atoms in total. The largest absolute Gasteiger partial charge is 0.335 e. The number of sulfone groups is 1. The van der Waals surface area contributed by atoms with Gasteiger partial charge in [-0.25, -0.2) is 12.8 Å². The number of benzene rings is 1. The smallest absolute Gasteiger partial charge is 0.254 e. The molecule has 1 aromatic rings. The molecule has 0 N–H and O–H groups in total. The van der Waals surface area contributed by atoms with Crippen LogP contribution in [0.1, 0.15) is 29.8 Å². The number of carbonyl (C=O) groups excluding carboxylic acids is 2. The van der Waals surface area contributed by atoms with E-state index < -0.39 is 33.6 Å². The number of fused-ring (bicyclic) bond motifs is 1. The molecular formula is C18H20FN3O4S. The first-order valence-corrected chi connectivity index (χ1v) is 10.5. The number of piperazine rings is 1. The topological polar surface area (TPSA) is 98.5 Å². The van der Waals surface area contributed by atoms with Gasteiger partial charge in [0.25, 0.3) is 5.91 Å². The predicted octanol–water partition coefficient (Wildman–Crippen LogP) is 0.803. The van der Waals surface area contributed by atoms with Crippen LogP contribution in [0.2, 0.25) is 0 Å². The third-order valence-electron chi connectivity index (χ3n) is 4.99. The summed E-state index contributed by atoms with van der Waals surface area (Å²) in [6, 6.07) is 3.87. The fourth-order valence-electron chi connectivity index (χ4n) is 3.75. The molecule has 3 rings (SSSR count). The van der Waals surface area contributed by atoms with Crippen molar-refractivity contribution in [2.24, 2.45) is 5.92 Å². The first-order chi connectivity index (χ1) is 12.6. The van der Waals surface area contributed by atoms with Crippen molar-refractivity contribution in [3.8, 4) is 6.07 Å². The maximum absolute atomic E-state index is 13.7. The summed E-state index contributed by atoms with van der Waals surface area (Å²) in [7, 11) is -3.40. The van der Waals surface area contributed by atoms with Gasteiger partial charge in [-0.2, -0.15) is 5.26 Å². The van der Waals surface area contributed by atoms with Crippen molar-refractivity contribution in [3.63, 3.8) is 0 Å². The first-order valence-electron chi connectivity index (χ1n) is 8.65. The standard InChI is InChI=1S/C18H20FN3O4S/c1-11(2)17(23)21-3-4-22(16-10-27(25,26)9-15(16)21)18(24)13-5-12(8-20)6-14(19)7-13/h5-7,11,15-16H,3-4,9-10H2,1-2H3/t15-,16+/m1/s1. The molecule has 0 spiro atoms. The fraction of sp³-hybridized carbons (Fsp3) is 0.500. The molecule has 1 aromatic carbocycles. The van der Waals surface area contributed by atoms with Crippen LogP contribution in [0.15, 0.2) is 18.2 Å². The number of amides is 2. The Morgan fingerprint density at radius 2 is 1.74 bits per heavy atom. The van der Waals surface area contributed by atoms with Gasteiger partial charge in [0.2, 0.25) is 5.91 Å². The lowest BCUT2D eigenvalue weighted by Gasteiger charge is -2.44. The van der Waals surface area contributed by atoms with Crippen molar-refractivity contribution in [1.29, 1.82) is 5.26 Å². The van der Waals surface area contributed by atoms with Crippen LogP contribution in [0.3, 0.4) is 0 Å². The van der Waals surface area contributed by atoms with E-state index in [0.29, 0.717) is 0 Å². The van der Waals surface area contributed by atoms with E-state index in [0.717, 1.165) is 12.1 Å². The van der Waals surface area contributed by atoms with Crippen molar-refractivity contribution in [3.05, 3.63) is 35.1 Å². The van der Waals surface area contributed by atoms with Crippen LogP contribution in [0.25, 0.3) is 0 Å². The zero-order valence-corrected chi connectivity index (χ0v) is 15.9. The molecule has 2 fully saturated rings. The summed E-state index contributed by atoms with van der Waals surface area (Å²) in [5.41, 5.74) is 0.0146. The Kier molecular flexibility index (Phi) is 4.95. The summed E-state index contributed by atoms with van der Waals surface area (Å²) < 4.78 is 38.1. The average Bonchev–Trinajstić information content (AvgIpc) is 2.93. The Labute approximate surface area is 157 Å². The molecule has 144 valence electrons. The number of carbonyl (C=O) groups is 2. The third-order valence-corrected chi connectivity index (χ3v) is 6.69. The van der Waals surface area contributed by atoms with Crippen LogP contribution in [-0.4, -0.2) is 66.7 Å². The number of halogens is 1. The van der Waals surface area contributed by atoms with E-state index in [9.17, 15) is 22.4 Å². The molecule has 0 unspecified atom stereocenters. The molecule has 2 atom stereocenters. The van der Waals surface area contributed by atoms with E-state index in [-0.39, 0.29) is 47.5 Å². The van der Waals surface area contributed by atoms with Gasteiger partial charge < -0.3 is 9.80 Å². The zero-order chi connectivity index (χ0) is 19.9. The fourth-order valence-corrected chi connectivity index (χ4v) is 5.73. The lowest BCUT2D eigenvalue weighted by atomic mass is 10.0. The minimum Gasteiger partial charge on any atom is -0.335 e. The number of hydrogen-bond acceptors (Lipinski definition) is 5. The van der Waals surface area contributed by atoms with Gasteiger partial charge in [0, 0.05) is 24.6 Å². The van der Waals surface area contributed by atoms with Gasteiger partial charge >= 0.3 is 0 Å². The molecule has 27 heavy (non-hydrogen) atoms. The second kappa shape index (κ2) is 6.93. The lowest BCUT2D eigenvalue weighted by Crippen LogP contribution is -2.62. The van der Waals surface area contributed by atoms with E-state index in [1.165, 1.54) is 11.0 Å². The summed E-state index contributed by atoms with van der Waals surface area (Å²) in [6.45, 7) is 3.87. The average molecular weight is 393 g/mol. The maximum atomic E-state index is 13.7. The van der Waals surface area contributed by atoms with E-state index in [1.54, 1.807) is 24.8 Å². The van der Waals surface area contributed by atoms with Gasteiger partial charge in [0.15, 0.2) is 9.84 Å². The third kappa shape index (κ3) is 3.67. The second-order valence-corrected chi connectivity index (χ2v) is 9.39. The summed E-state index contributed by atoms with van der Waals surface area (Å²) >= 11 is 0. The number of rotatable bonds is 2. The van der Waals surface area contributed by atoms with Crippen molar-refractivity contribution in [2.45, 2.75) is 25.9 Å². The predicted molar refractivity (Wildman–Crippen MR) is 94.9 cm³/mol. The molecular weight excluding hydrogens is 373 g/mol. The zero-order valence-electron chi connectivity index (χ0n) is 15.1. The lowest BCUT2D eigenvalue weighted by molar-refractivity contribution is -0.139. The summed E-state index contributed by atoms with van der Waals surface area (Å²) in [4.78, 5) is 28.4. The Morgan fingerprint density at radius 1 is 1.15 bits per heavy atom. The Bertz CT molecular complexity index is 938. The molecule has 0 aliphatic carbocycles. The highest BCUT2D eigenvalue weighted by molar-refractivity contribution is 7.91. The summed E-state index contributed by atoms with van der Waals surface area (Å²) in [5.74, 6) is -2.08. The van der Waals surface area contributed by atoms with Gasteiger partial charge in [0.05, 0.1) is 35.2 Å². The molecule has 9 heteroatoms. The van der Waals surface area contributed by atoms with Gasteiger partial charge in [-0.15, -0.1) is 0 Å². The number of hydrogen-bond donors (Lipinski definition) is 0. The van der Waals surface area contributed by atoms with Crippen molar-refractivity contribution in [1.82, 2.24) is 9.80 Å². The first kappa shape index (κ1) is 19.3. The van der Waals surface area contributed by atoms with Gasteiger partial charge in [0.1, 0.15) is 5.82 Å².